The van der Waals surface area contributed by atoms with Crippen molar-refractivity contribution in [2.24, 2.45) is 5.92 Å². The summed E-state index contributed by atoms with van der Waals surface area (Å²) in [5.74, 6) is -4.56. The van der Waals surface area contributed by atoms with Crippen molar-refractivity contribution in [3.63, 3.8) is 0 Å². The third kappa shape index (κ3) is 2.73. The molecule has 2 atom stereocenters. The van der Waals surface area contributed by atoms with Gasteiger partial charge in [-0.3, -0.25) is 9.59 Å². The lowest BCUT2D eigenvalue weighted by Crippen LogP contribution is -2.51. The van der Waals surface area contributed by atoms with E-state index in [9.17, 15) is 28.3 Å². The predicted molar refractivity (Wildman–Crippen MR) is 86.6 cm³/mol. The third-order valence-corrected chi connectivity index (χ3v) is 4.91. The molecule has 1 heterocycles. The molecule has 0 fully saturated rings. The van der Waals surface area contributed by atoms with E-state index in [2.05, 4.69) is 4.74 Å². The summed E-state index contributed by atoms with van der Waals surface area (Å²) in [6.07, 6.45) is 1.02. The van der Waals surface area contributed by atoms with Crippen LogP contribution in [0.5, 0.6) is 11.5 Å². The Hall–Kier alpha value is -2.68. The second-order valence-corrected chi connectivity index (χ2v) is 6.45. The van der Waals surface area contributed by atoms with E-state index in [1.165, 1.54) is 7.11 Å². The highest BCUT2D eigenvalue weighted by Crippen LogP contribution is 2.53. The van der Waals surface area contributed by atoms with Crippen molar-refractivity contribution in [3.8, 4) is 11.5 Å². The Morgan fingerprint density at radius 2 is 2.11 bits per heavy atom. The van der Waals surface area contributed by atoms with Crippen molar-refractivity contribution in [3.05, 3.63) is 34.1 Å². The SMILES string of the molecule is COC1=CC(=O)C[C@@H](C)[C@]12Oc1c(Cl)c(C(=O)O)cc(OC(F)F)c1C2=O. The van der Waals surface area contributed by atoms with Crippen molar-refractivity contribution < 1.29 is 42.5 Å². The van der Waals surface area contributed by atoms with E-state index in [1.807, 2.05) is 0 Å². The Morgan fingerprint density at radius 3 is 2.67 bits per heavy atom. The Morgan fingerprint density at radius 1 is 1.44 bits per heavy atom. The van der Waals surface area contributed by atoms with E-state index in [0.717, 1.165) is 12.1 Å². The molecule has 144 valence electrons. The summed E-state index contributed by atoms with van der Waals surface area (Å²) in [6.45, 7) is -1.77. The van der Waals surface area contributed by atoms with Gasteiger partial charge in [-0.25, -0.2) is 4.79 Å². The molecular weight excluding hydrogens is 390 g/mol. The zero-order chi connectivity index (χ0) is 20.1. The number of halogens is 3. The lowest BCUT2D eigenvalue weighted by molar-refractivity contribution is -0.118. The van der Waals surface area contributed by atoms with Crippen molar-refractivity contribution in [1.82, 2.24) is 0 Å². The first-order valence-electron chi connectivity index (χ1n) is 7.70. The molecule has 1 N–H and O–H groups in total. The number of hydrogen-bond acceptors (Lipinski definition) is 6. The summed E-state index contributed by atoms with van der Waals surface area (Å²) < 4.78 is 40.9. The fourth-order valence-corrected chi connectivity index (χ4v) is 3.63. The fraction of sp³-hybridized carbons (Fsp3) is 0.353. The molecule has 0 aromatic heterocycles. The minimum Gasteiger partial charge on any atom is -0.496 e. The molecule has 10 heteroatoms. The largest absolute Gasteiger partial charge is 0.496 e. The number of Topliss-reactive ketones (excluding diaryl/α,β-unsaturated/α-hetero) is 1. The molecule has 0 unspecified atom stereocenters. The van der Waals surface area contributed by atoms with Gasteiger partial charge in [-0.1, -0.05) is 18.5 Å². The maximum absolute atomic E-state index is 13.2. The van der Waals surface area contributed by atoms with Gasteiger partial charge in [0.15, 0.2) is 17.3 Å². The highest BCUT2D eigenvalue weighted by molar-refractivity contribution is 6.36. The van der Waals surface area contributed by atoms with Gasteiger partial charge in [0, 0.05) is 18.4 Å². The molecule has 1 aliphatic carbocycles. The Kier molecular flexibility index (Phi) is 4.59. The average molecular weight is 403 g/mol. The van der Waals surface area contributed by atoms with Gasteiger partial charge in [-0.15, -0.1) is 0 Å². The maximum Gasteiger partial charge on any atom is 0.387 e. The molecular formula is C17H13ClF2O7. The highest BCUT2D eigenvalue weighted by atomic mass is 35.5. The molecule has 7 nitrogen and oxygen atoms in total. The van der Waals surface area contributed by atoms with E-state index < -0.39 is 57.5 Å². The number of hydrogen-bond donors (Lipinski definition) is 1. The minimum atomic E-state index is -3.32. The second-order valence-electron chi connectivity index (χ2n) is 6.08. The summed E-state index contributed by atoms with van der Waals surface area (Å²) >= 11 is 6.06. The van der Waals surface area contributed by atoms with Crippen LogP contribution in [0.4, 0.5) is 8.78 Å². The van der Waals surface area contributed by atoms with Gasteiger partial charge in [-0.2, -0.15) is 8.78 Å². The molecule has 0 bridgehead atoms. The first-order valence-corrected chi connectivity index (χ1v) is 8.08. The number of carboxylic acid groups (broad SMARTS) is 1. The van der Waals surface area contributed by atoms with Gasteiger partial charge >= 0.3 is 12.6 Å². The number of rotatable bonds is 4. The fourth-order valence-electron chi connectivity index (χ4n) is 3.36. The van der Waals surface area contributed by atoms with Gasteiger partial charge in [0.2, 0.25) is 11.4 Å². The lowest BCUT2D eigenvalue weighted by atomic mass is 9.75. The van der Waals surface area contributed by atoms with Crippen LogP contribution >= 0.6 is 11.6 Å². The molecule has 0 saturated carbocycles. The highest BCUT2D eigenvalue weighted by Gasteiger charge is 2.60. The molecule has 0 amide bonds. The van der Waals surface area contributed by atoms with Crippen LogP contribution in [0, 0.1) is 5.92 Å². The first-order chi connectivity index (χ1) is 12.6. The van der Waals surface area contributed by atoms with Crippen molar-refractivity contribution in [2.75, 3.05) is 7.11 Å². The second kappa shape index (κ2) is 6.49. The van der Waals surface area contributed by atoms with Crippen LogP contribution in [-0.4, -0.2) is 42.0 Å². The summed E-state index contributed by atoms with van der Waals surface area (Å²) in [7, 11) is 1.22. The number of aromatic carboxylic acids is 1. The number of carbonyl (C=O) groups excluding carboxylic acids is 2. The zero-order valence-corrected chi connectivity index (χ0v) is 14.8. The number of benzene rings is 1. The molecule has 3 rings (SSSR count). The summed E-state index contributed by atoms with van der Waals surface area (Å²) in [6, 6.07) is 0.741. The van der Waals surface area contributed by atoms with E-state index in [0.29, 0.717) is 0 Å². The molecule has 1 aromatic rings. The van der Waals surface area contributed by atoms with E-state index in [4.69, 9.17) is 21.1 Å². The summed E-state index contributed by atoms with van der Waals surface area (Å²) in [5, 5.41) is 8.82. The molecule has 0 saturated heterocycles. The number of alkyl halides is 2. The summed E-state index contributed by atoms with van der Waals surface area (Å²) in [4.78, 5) is 36.4. The number of carboxylic acids is 1. The number of carbonyl (C=O) groups is 3. The van der Waals surface area contributed by atoms with Crippen LogP contribution in [-0.2, 0) is 9.53 Å². The van der Waals surface area contributed by atoms with E-state index >= 15 is 0 Å². The van der Waals surface area contributed by atoms with Crippen LogP contribution < -0.4 is 9.47 Å². The van der Waals surface area contributed by atoms with Crippen molar-refractivity contribution >= 4 is 29.1 Å². The van der Waals surface area contributed by atoms with Crippen molar-refractivity contribution in [2.45, 2.75) is 25.6 Å². The standard InChI is InChI=1S/C17H13ClF2O7/c1-6-3-7(21)4-10(25-2)17(6)14(22)11-9(26-16(19)20)5-8(15(23)24)12(18)13(11)27-17/h4-6,16H,3H2,1-2H3,(H,23,24)/t6-,17+/m1/s1. The van der Waals surface area contributed by atoms with E-state index in [1.54, 1.807) is 6.92 Å². The quantitative estimate of drug-likeness (QED) is 0.826. The van der Waals surface area contributed by atoms with Crippen LogP contribution in [0.1, 0.15) is 34.1 Å². The Balaban J connectivity index is 2.28. The summed E-state index contributed by atoms with van der Waals surface area (Å²) in [5.41, 5.74) is -2.82. The smallest absolute Gasteiger partial charge is 0.387 e. The number of fused-ring (bicyclic) bond motifs is 1. The number of methoxy groups -OCH3 is 1. The van der Waals surface area contributed by atoms with Gasteiger partial charge in [0.1, 0.15) is 11.3 Å². The van der Waals surface area contributed by atoms with Gasteiger partial charge in [0.05, 0.1) is 17.7 Å². The molecule has 0 radical (unpaired) electrons. The third-order valence-electron chi connectivity index (χ3n) is 4.54. The zero-order valence-electron chi connectivity index (χ0n) is 14.0. The van der Waals surface area contributed by atoms with Gasteiger partial charge in [0.25, 0.3) is 0 Å². The van der Waals surface area contributed by atoms with Crippen LogP contribution in [0.2, 0.25) is 5.02 Å². The molecule has 2 aliphatic rings. The van der Waals surface area contributed by atoms with Crippen LogP contribution in [0.3, 0.4) is 0 Å². The minimum absolute atomic E-state index is 0.0684. The van der Waals surface area contributed by atoms with Crippen LogP contribution in [0.15, 0.2) is 17.9 Å². The monoisotopic (exact) mass is 402 g/mol. The maximum atomic E-state index is 13.2. The topological polar surface area (TPSA) is 99.1 Å². The predicted octanol–water partition coefficient (Wildman–Crippen LogP) is 3.09. The first kappa shape index (κ1) is 19.1. The van der Waals surface area contributed by atoms with Gasteiger partial charge < -0.3 is 19.3 Å². The van der Waals surface area contributed by atoms with Crippen molar-refractivity contribution in [1.29, 1.82) is 0 Å². The van der Waals surface area contributed by atoms with Gasteiger partial charge in [-0.05, 0) is 6.07 Å². The molecule has 1 spiro atoms. The normalized spacial score (nSPS) is 23.9. The number of ether oxygens (including phenoxy) is 3. The molecule has 27 heavy (non-hydrogen) atoms. The van der Waals surface area contributed by atoms with Crippen LogP contribution in [0.25, 0.3) is 0 Å². The number of allylic oxidation sites excluding steroid dienone is 1. The Labute approximate surface area is 156 Å². The van der Waals surface area contributed by atoms with E-state index in [-0.39, 0.29) is 18.0 Å². The molecule has 1 aliphatic heterocycles. The number of ketones is 2. The molecule has 1 aromatic carbocycles. The average Bonchev–Trinajstić information content (AvgIpc) is 2.88. The Bertz CT molecular complexity index is 896. The lowest BCUT2D eigenvalue weighted by Gasteiger charge is -2.36.